The quantitative estimate of drug-likeness (QED) is 0.520. The molecule has 0 spiro atoms. The van der Waals surface area contributed by atoms with Gasteiger partial charge in [-0.15, -0.1) is 0 Å². The first-order valence-electron chi connectivity index (χ1n) is 8.27. The summed E-state index contributed by atoms with van der Waals surface area (Å²) >= 11 is 0. The van der Waals surface area contributed by atoms with Crippen molar-refractivity contribution in [3.8, 4) is 0 Å². The van der Waals surface area contributed by atoms with Crippen LogP contribution in [0.5, 0.6) is 0 Å². The normalized spacial score (nSPS) is 11.6. The molecule has 28 heavy (non-hydrogen) atoms. The zero-order valence-corrected chi connectivity index (χ0v) is 15.2. The van der Waals surface area contributed by atoms with Crippen LogP contribution in [0.3, 0.4) is 0 Å². The Bertz CT molecular complexity index is 1260. The second-order valence-electron chi connectivity index (χ2n) is 6.08. The summed E-state index contributed by atoms with van der Waals surface area (Å²) in [6.45, 7) is 0.418. The predicted molar refractivity (Wildman–Crippen MR) is 100 cm³/mol. The fourth-order valence-corrected chi connectivity index (χ4v) is 3.92. The molecule has 0 aliphatic rings. The lowest BCUT2D eigenvalue weighted by molar-refractivity contribution is 0.570. The number of benzene rings is 2. The van der Waals surface area contributed by atoms with Crippen LogP contribution in [-0.4, -0.2) is 23.2 Å². The number of aromatic nitrogens is 3. The van der Waals surface area contributed by atoms with Gasteiger partial charge in [-0.1, -0.05) is 36.4 Å². The van der Waals surface area contributed by atoms with E-state index in [-0.39, 0.29) is 5.82 Å². The van der Waals surface area contributed by atoms with Crippen LogP contribution < -0.4 is 4.72 Å². The van der Waals surface area contributed by atoms with Crippen LogP contribution in [-0.2, 0) is 16.6 Å². The van der Waals surface area contributed by atoms with Gasteiger partial charge in [0.2, 0.25) is 5.95 Å². The summed E-state index contributed by atoms with van der Waals surface area (Å²) in [7, 11) is -4.29. The lowest BCUT2D eigenvalue weighted by Gasteiger charge is -2.09. The maximum atomic E-state index is 14.6. The maximum absolute atomic E-state index is 14.6. The van der Waals surface area contributed by atoms with Gasteiger partial charge in [-0.25, -0.2) is 17.8 Å². The molecule has 142 valence electrons. The van der Waals surface area contributed by atoms with Crippen LogP contribution in [0.25, 0.3) is 10.9 Å². The minimum absolute atomic E-state index is 0.237. The van der Waals surface area contributed by atoms with Crippen molar-refractivity contribution in [2.45, 2.75) is 11.4 Å². The summed E-state index contributed by atoms with van der Waals surface area (Å²) in [4.78, 5) is 2.87. The molecule has 0 bridgehead atoms. The van der Waals surface area contributed by atoms with Gasteiger partial charge in [0.05, 0.1) is 18.3 Å². The minimum Gasteiger partial charge on any atom is -0.263 e. The topological polar surface area (TPSA) is 76.9 Å². The zero-order valence-electron chi connectivity index (χ0n) is 14.4. The van der Waals surface area contributed by atoms with Crippen LogP contribution in [0.15, 0.2) is 71.8 Å². The Morgan fingerprint density at radius 3 is 2.54 bits per heavy atom. The van der Waals surface area contributed by atoms with E-state index in [2.05, 4.69) is 14.8 Å². The Kier molecular flexibility index (Phi) is 4.52. The Morgan fingerprint density at radius 1 is 1.00 bits per heavy atom. The Balaban J connectivity index is 1.70. The summed E-state index contributed by atoms with van der Waals surface area (Å²) in [6, 6.07) is 15.5. The lowest BCUT2D eigenvalue weighted by Crippen LogP contribution is -2.16. The van der Waals surface area contributed by atoms with E-state index < -0.39 is 26.7 Å². The summed E-state index contributed by atoms with van der Waals surface area (Å²) in [5.41, 5.74) is 1.44. The van der Waals surface area contributed by atoms with Gasteiger partial charge in [0.25, 0.3) is 10.0 Å². The van der Waals surface area contributed by atoms with E-state index in [1.54, 1.807) is 4.68 Å². The minimum atomic E-state index is -4.29. The van der Waals surface area contributed by atoms with Crippen LogP contribution in [0.4, 0.5) is 14.6 Å². The van der Waals surface area contributed by atoms with Crippen molar-refractivity contribution in [2.75, 3.05) is 4.72 Å². The van der Waals surface area contributed by atoms with E-state index in [9.17, 15) is 17.2 Å². The molecule has 0 saturated carbocycles. The van der Waals surface area contributed by atoms with Crippen LogP contribution in [0, 0.1) is 11.8 Å². The van der Waals surface area contributed by atoms with Crippen LogP contribution in [0.2, 0.25) is 0 Å². The number of fused-ring (bicyclic) bond motifs is 1. The van der Waals surface area contributed by atoms with Gasteiger partial charge in [0.1, 0.15) is 16.5 Å². The molecule has 0 fully saturated rings. The molecule has 2 aromatic heterocycles. The molecule has 2 aromatic carbocycles. The number of nitrogens with one attached hydrogen (secondary N) is 1. The lowest BCUT2D eigenvalue weighted by atomic mass is 10.2. The SMILES string of the molecule is O=S(=O)(Nc1cccc(F)n1)c1cc2cnn(Cc3ccccc3)c2cc1F. The zero-order chi connectivity index (χ0) is 19.7. The summed E-state index contributed by atoms with van der Waals surface area (Å²) < 4.78 is 56.6. The third-order valence-corrected chi connectivity index (χ3v) is 5.48. The number of halogens is 2. The van der Waals surface area contributed by atoms with E-state index in [1.807, 2.05) is 30.3 Å². The average molecular weight is 400 g/mol. The van der Waals surface area contributed by atoms with Gasteiger partial charge in [-0.05, 0) is 23.8 Å². The summed E-state index contributed by atoms with van der Waals surface area (Å²) in [5, 5.41) is 4.69. The largest absolute Gasteiger partial charge is 0.265 e. The van der Waals surface area contributed by atoms with Crippen molar-refractivity contribution in [2.24, 2.45) is 0 Å². The van der Waals surface area contributed by atoms with Crippen LogP contribution in [0.1, 0.15) is 5.56 Å². The van der Waals surface area contributed by atoms with E-state index >= 15 is 0 Å². The first-order valence-corrected chi connectivity index (χ1v) is 9.75. The van der Waals surface area contributed by atoms with Crippen molar-refractivity contribution >= 4 is 26.7 Å². The smallest absolute Gasteiger partial charge is 0.263 e. The van der Waals surface area contributed by atoms with Crippen LogP contribution >= 0.6 is 0 Å². The van der Waals surface area contributed by atoms with Gasteiger partial charge < -0.3 is 0 Å². The first-order chi connectivity index (χ1) is 13.4. The number of rotatable bonds is 5. The highest BCUT2D eigenvalue weighted by molar-refractivity contribution is 7.92. The maximum Gasteiger partial charge on any atom is 0.265 e. The molecular weight excluding hydrogens is 386 g/mol. The number of sulfonamides is 1. The highest BCUT2D eigenvalue weighted by Gasteiger charge is 2.22. The third-order valence-electron chi connectivity index (χ3n) is 4.11. The monoisotopic (exact) mass is 400 g/mol. The molecule has 2 heterocycles. The molecule has 1 N–H and O–H groups in total. The van der Waals surface area contributed by atoms with Gasteiger partial charge in [0, 0.05) is 11.5 Å². The van der Waals surface area contributed by atoms with Gasteiger partial charge in [-0.2, -0.15) is 9.49 Å². The average Bonchev–Trinajstić information content (AvgIpc) is 3.03. The predicted octanol–water partition coefficient (Wildman–Crippen LogP) is 3.56. The Morgan fingerprint density at radius 2 is 1.79 bits per heavy atom. The molecule has 9 heteroatoms. The molecule has 4 aromatic rings. The van der Waals surface area contributed by atoms with Crippen molar-refractivity contribution in [3.05, 3.63) is 84.2 Å². The fourth-order valence-electron chi connectivity index (χ4n) is 2.83. The number of anilines is 1. The van der Waals surface area contributed by atoms with E-state index in [0.29, 0.717) is 17.4 Å². The Labute approximate surface area is 159 Å². The molecule has 0 amide bonds. The fraction of sp³-hybridized carbons (Fsp3) is 0.0526. The molecule has 0 atom stereocenters. The summed E-state index contributed by atoms with van der Waals surface area (Å²) in [6.07, 6.45) is 1.47. The standard InChI is InChI=1S/C19H14F2N4O2S/c20-15-10-16-14(11-22-25(16)12-13-5-2-1-3-6-13)9-17(15)28(26,27)24-19-8-4-7-18(21)23-19/h1-11H,12H2,(H,23,24). The van der Waals surface area contributed by atoms with Gasteiger partial charge in [-0.3, -0.25) is 9.40 Å². The van der Waals surface area contributed by atoms with E-state index in [0.717, 1.165) is 17.7 Å². The molecule has 4 rings (SSSR count). The molecule has 0 aliphatic heterocycles. The highest BCUT2D eigenvalue weighted by Crippen LogP contribution is 2.25. The molecule has 0 radical (unpaired) electrons. The van der Waals surface area contributed by atoms with Gasteiger partial charge >= 0.3 is 0 Å². The molecule has 6 nitrogen and oxygen atoms in total. The highest BCUT2D eigenvalue weighted by atomic mass is 32.2. The molecular formula is C19H14F2N4O2S. The first kappa shape index (κ1) is 18.1. The summed E-state index contributed by atoms with van der Waals surface area (Å²) in [5.74, 6) is -2.02. The number of pyridine rings is 1. The molecule has 0 unspecified atom stereocenters. The van der Waals surface area contributed by atoms with Crippen molar-refractivity contribution < 1.29 is 17.2 Å². The van der Waals surface area contributed by atoms with Crippen molar-refractivity contribution in [3.63, 3.8) is 0 Å². The third kappa shape index (κ3) is 3.56. The van der Waals surface area contributed by atoms with Gasteiger partial charge in [0.15, 0.2) is 0 Å². The van der Waals surface area contributed by atoms with Crippen molar-refractivity contribution in [1.82, 2.24) is 14.8 Å². The van der Waals surface area contributed by atoms with Crippen molar-refractivity contribution in [1.29, 1.82) is 0 Å². The Hall–Kier alpha value is -3.33. The molecule has 0 aliphatic carbocycles. The number of hydrogen-bond donors (Lipinski definition) is 1. The van der Waals surface area contributed by atoms with E-state index in [1.165, 1.54) is 24.4 Å². The second-order valence-corrected chi connectivity index (χ2v) is 7.73. The van der Waals surface area contributed by atoms with E-state index in [4.69, 9.17) is 0 Å². The number of nitrogens with zero attached hydrogens (tertiary/aromatic N) is 3. The molecule has 0 saturated heterocycles. The second kappa shape index (κ2) is 7.01. The number of hydrogen-bond acceptors (Lipinski definition) is 4.